The molecule has 3 N–H and O–H groups in total. The van der Waals surface area contributed by atoms with Gasteiger partial charge in [-0.05, 0) is 19.1 Å². The zero-order valence-electron chi connectivity index (χ0n) is 7.38. The highest BCUT2D eigenvalue weighted by Gasteiger charge is 2.18. The Balaban J connectivity index is 2.82. The van der Waals surface area contributed by atoms with Crippen molar-refractivity contribution >= 4 is 0 Å². The highest BCUT2D eigenvalue weighted by molar-refractivity contribution is 5.12. The Morgan fingerprint density at radius 1 is 1.38 bits per heavy atom. The van der Waals surface area contributed by atoms with E-state index < -0.39 is 18.8 Å². The summed E-state index contributed by atoms with van der Waals surface area (Å²) in [7, 11) is 0. The zero-order chi connectivity index (χ0) is 9.84. The first-order valence-electron chi connectivity index (χ1n) is 4.05. The first kappa shape index (κ1) is 10.1. The third-order valence-electron chi connectivity index (χ3n) is 1.76. The number of pyridine rings is 1. The Bertz CT molecular complexity index is 277. The van der Waals surface area contributed by atoms with Crippen LogP contribution in [0.15, 0.2) is 18.2 Å². The molecular weight excluding hydrogens is 170 g/mol. The number of rotatable bonds is 3. The van der Waals surface area contributed by atoms with Gasteiger partial charge in [-0.2, -0.15) is 0 Å². The second-order valence-electron chi connectivity index (χ2n) is 2.90. The van der Waals surface area contributed by atoms with Crippen LogP contribution in [-0.2, 0) is 0 Å². The summed E-state index contributed by atoms with van der Waals surface area (Å²) in [6.07, 6.45) is -2.29. The van der Waals surface area contributed by atoms with Gasteiger partial charge in [0.15, 0.2) is 0 Å². The predicted molar refractivity (Wildman–Crippen MR) is 47.0 cm³/mol. The van der Waals surface area contributed by atoms with Crippen molar-refractivity contribution < 1.29 is 15.3 Å². The fourth-order valence-electron chi connectivity index (χ4n) is 1.03. The predicted octanol–water partition coefficient (Wildman–Crippen LogP) is -0.223. The van der Waals surface area contributed by atoms with Crippen LogP contribution in [0.4, 0.5) is 0 Å². The van der Waals surface area contributed by atoms with Crippen LogP contribution in [0.1, 0.15) is 17.5 Å². The summed E-state index contributed by atoms with van der Waals surface area (Å²) < 4.78 is 0. The molecule has 1 rings (SSSR count). The molecule has 0 saturated carbocycles. The van der Waals surface area contributed by atoms with Crippen LogP contribution in [-0.4, -0.2) is 33.0 Å². The Hall–Kier alpha value is -0.970. The maximum Gasteiger partial charge on any atom is 0.124 e. The Morgan fingerprint density at radius 3 is 2.62 bits per heavy atom. The van der Waals surface area contributed by atoms with Gasteiger partial charge in [0.2, 0.25) is 0 Å². The second kappa shape index (κ2) is 4.32. The second-order valence-corrected chi connectivity index (χ2v) is 2.90. The van der Waals surface area contributed by atoms with Crippen molar-refractivity contribution in [3.05, 3.63) is 29.6 Å². The van der Waals surface area contributed by atoms with Gasteiger partial charge in [-0.15, -0.1) is 0 Å². The number of hydrogen-bond acceptors (Lipinski definition) is 4. The lowest BCUT2D eigenvalue weighted by molar-refractivity contribution is -0.0173. The molecule has 72 valence electrons. The molecule has 0 radical (unpaired) electrons. The average Bonchev–Trinajstić information content (AvgIpc) is 2.15. The smallest absolute Gasteiger partial charge is 0.124 e. The average molecular weight is 183 g/mol. The molecule has 0 saturated heterocycles. The van der Waals surface area contributed by atoms with Crippen molar-refractivity contribution in [2.75, 3.05) is 6.61 Å². The van der Waals surface area contributed by atoms with Gasteiger partial charge < -0.3 is 15.3 Å². The molecule has 0 aliphatic heterocycles. The van der Waals surface area contributed by atoms with Gasteiger partial charge in [0.1, 0.15) is 12.2 Å². The van der Waals surface area contributed by atoms with E-state index in [0.717, 1.165) is 5.69 Å². The van der Waals surface area contributed by atoms with Crippen LogP contribution < -0.4 is 0 Å². The largest absolute Gasteiger partial charge is 0.394 e. The lowest BCUT2D eigenvalue weighted by atomic mass is 10.1. The standard InChI is InChI=1S/C9H13NO3/c1-6-3-2-4-7(10-6)9(13)8(12)5-11/h2-4,8-9,11-13H,5H2,1H3. The SMILES string of the molecule is Cc1cccc(C(O)C(O)CO)n1. The van der Waals surface area contributed by atoms with Crippen LogP contribution in [0, 0.1) is 6.92 Å². The van der Waals surface area contributed by atoms with Crippen LogP contribution in [0.3, 0.4) is 0 Å². The Kier molecular flexibility index (Phi) is 3.36. The van der Waals surface area contributed by atoms with E-state index in [-0.39, 0.29) is 0 Å². The molecule has 1 heterocycles. The third kappa shape index (κ3) is 2.48. The lowest BCUT2D eigenvalue weighted by Crippen LogP contribution is -2.22. The summed E-state index contributed by atoms with van der Waals surface area (Å²) in [5, 5.41) is 27.2. The monoisotopic (exact) mass is 183 g/mol. The summed E-state index contributed by atoms with van der Waals surface area (Å²) in [5.41, 5.74) is 1.14. The van der Waals surface area contributed by atoms with Gasteiger partial charge in [0.25, 0.3) is 0 Å². The van der Waals surface area contributed by atoms with E-state index in [2.05, 4.69) is 4.98 Å². The van der Waals surface area contributed by atoms with Gasteiger partial charge in [-0.1, -0.05) is 6.07 Å². The van der Waals surface area contributed by atoms with E-state index in [0.29, 0.717) is 5.69 Å². The molecular formula is C9H13NO3. The molecule has 13 heavy (non-hydrogen) atoms. The molecule has 0 aliphatic carbocycles. The van der Waals surface area contributed by atoms with Gasteiger partial charge in [0.05, 0.1) is 12.3 Å². The number of nitrogens with zero attached hydrogens (tertiary/aromatic N) is 1. The first-order valence-corrected chi connectivity index (χ1v) is 4.05. The molecule has 0 amide bonds. The summed E-state index contributed by atoms with van der Waals surface area (Å²) in [4.78, 5) is 4.02. The normalized spacial score (nSPS) is 15.4. The number of aliphatic hydroxyl groups is 3. The highest BCUT2D eigenvalue weighted by Crippen LogP contribution is 2.14. The Labute approximate surface area is 76.5 Å². The lowest BCUT2D eigenvalue weighted by Gasteiger charge is -2.14. The van der Waals surface area contributed by atoms with Crippen LogP contribution in [0.2, 0.25) is 0 Å². The molecule has 0 aromatic carbocycles. The summed E-state index contributed by atoms with van der Waals surface area (Å²) >= 11 is 0. The number of aromatic nitrogens is 1. The van der Waals surface area contributed by atoms with Crippen molar-refractivity contribution in [3.8, 4) is 0 Å². The van der Waals surface area contributed by atoms with Crippen molar-refractivity contribution in [3.63, 3.8) is 0 Å². The van der Waals surface area contributed by atoms with E-state index in [1.807, 2.05) is 0 Å². The molecule has 1 aromatic rings. The van der Waals surface area contributed by atoms with Gasteiger partial charge >= 0.3 is 0 Å². The molecule has 0 aliphatic rings. The van der Waals surface area contributed by atoms with Crippen molar-refractivity contribution in [2.45, 2.75) is 19.1 Å². The minimum atomic E-state index is -1.17. The van der Waals surface area contributed by atoms with E-state index in [1.165, 1.54) is 0 Å². The maximum absolute atomic E-state index is 9.44. The minimum Gasteiger partial charge on any atom is -0.394 e. The van der Waals surface area contributed by atoms with E-state index in [4.69, 9.17) is 10.2 Å². The van der Waals surface area contributed by atoms with Crippen LogP contribution in [0.25, 0.3) is 0 Å². The van der Waals surface area contributed by atoms with Crippen LogP contribution >= 0.6 is 0 Å². The summed E-state index contributed by atoms with van der Waals surface area (Å²) in [5.74, 6) is 0. The topological polar surface area (TPSA) is 73.6 Å². The molecule has 4 heteroatoms. The van der Waals surface area contributed by atoms with E-state index >= 15 is 0 Å². The number of hydrogen-bond donors (Lipinski definition) is 3. The van der Waals surface area contributed by atoms with Gasteiger partial charge in [-0.25, -0.2) is 0 Å². The molecule has 2 atom stereocenters. The fraction of sp³-hybridized carbons (Fsp3) is 0.444. The fourth-order valence-corrected chi connectivity index (χ4v) is 1.03. The molecule has 0 bridgehead atoms. The van der Waals surface area contributed by atoms with Crippen molar-refractivity contribution in [1.82, 2.24) is 4.98 Å². The molecule has 4 nitrogen and oxygen atoms in total. The van der Waals surface area contributed by atoms with Gasteiger partial charge in [-0.3, -0.25) is 4.98 Å². The van der Waals surface area contributed by atoms with E-state index in [1.54, 1.807) is 25.1 Å². The number of aryl methyl sites for hydroxylation is 1. The molecule has 1 aromatic heterocycles. The first-order chi connectivity index (χ1) is 6.15. The summed E-state index contributed by atoms with van der Waals surface area (Å²) in [6.45, 7) is 1.32. The quantitative estimate of drug-likeness (QED) is 0.605. The third-order valence-corrected chi connectivity index (χ3v) is 1.76. The van der Waals surface area contributed by atoms with E-state index in [9.17, 15) is 5.11 Å². The molecule has 2 unspecified atom stereocenters. The highest BCUT2D eigenvalue weighted by atomic mass is 16.4. The van der Waals surface area contributed by atoms with Crippen LogP contribution in [0.5, 0.6) is 0 Å². The van der Waals surface area contributed by atoms with Crippen molar-refractivity contribution in [2.24, 2.45) is 0 Å². The molecule has 0 fully saturated rings. The van der Waals surface area contributed by atoms with Gasteiger partial charge in [0, 0.05) is 5.69 Å². The minimum absolute atomic E-state index is 0.376. The summed E-state index contributed by atoms with van der Waals surface area (Å²) in [6, 6.07) is 5.14. The molecule has 0 spiro atoms. The zero-order valence-corrected chi connectivity index (χ0v) is 7.38. The number of aliphatic hydroxyl groups excluding tert-OH is 3. The maximum atomic E-state index is 9.44. The van der Waals surface area contributed by atoms with Crippen molar-refractivity contribution in [1.29, 1.82) is 0 Å². The Morgan fingerprint density at radius 2 is 2.08 bits per heavy atom.